The fourth-order valence-electron chi connectivity index (χ4n) is 1.89. The number of nitrogens with two attached hydrogens (primary N) is 3. The lowest BCUT2D eigenvalue weighted by Crippen LogP contribution is -2.26. The molecule has 0 unspecified atom stereocenters. The van der Waals surface area contributed by atoms with E-state index in [0.29, 0.717) is 36.1 Å². The van der Waals surface area contributed by atoms with E-state index in [9.17, 15) is 0 Å². The number of benzene rings is 1. The van der Waals surface area contributed by atoms with E-state index in [-0.39, 0.29) is 11.9 Å². The van der Waals surface area contributed by atoms with E-state index in [0.717, 1.165) is 0 Å². The third kappa shape index (κ3) is 2.72. The Kier molecular flexibility index (Phi) is 3.43. The molecule has 11 heteroatoms. The Labute approximate surface area is 124 Å². The highest BCUT2D eigenvalue weighted by atomic mass is 16.6. The zero-order chi connectivity index (χ0) is 15.5. The van der Waals surface area contributed by atoms with E-state index >= 15 is 0 Å². The molecule has 2 heterocycles. The quantitative estimate of drug-likeness (QED) is 0.452. The third-order valence-corrected chi connectivity index (χ3v) is 2.71. The van der Waals surface area contributed by atoms with Crippen LogP contribution < -0.4 is 26.7 Å². The summed E-state index contributed by atoms with van der Waals surface area (Å²) in [5.41, 5.74) is 17.2. The van der Waals surface area contributed by atoms with Crippen molar-refractivity contribution in [1.82, 2.24) is 20.2 Å². The van der Waals surface area contributed by atoms with Gasteiger partial charge in [-0.25, -0.2) is 4.99 Å². The van der Waals surface area contributed by atoms with Crippen LogP contribution in [0.25, 0.3) is 5.69 Å². The molecule has 1 aliphatic rings. The molecule has 0 radical (unpaired) electrons. The summed E-state index contributed by atoms with van der Waals surface area (Å²) in [6.45, 7) is 0.907. The fourth-order valence-corrected chi connectivity index (χ4v) is 1.89. The predicted molar refractivity (Wildman–Crippen MR) is 77.2 cm³/mol. The molecule has 0 amide bonds. The van der Waals surface area contributed by atoms with Crippen LogP contribution in [0, 0.1) is 0 Å². The van der Waals surface area contributed by atoms with E-state index in [1.54, 1.807) is 12.1 Å². The lowest BCUT2D eigenvalue weighted by Gasteiger charge is -2.19. The maximum absolute atomic E-state index is 5.67. The highest BCUT2D eigenvalue weighted by Crippen LogP contribution is 2.38. The van der Waals surface area contributed by atoms with Gasteiger partial charge in [0.2, 0.25) is 5.96 Å². The molecule has 1 aromatic heterocycles. The van der Waals surface area contributed by atoms with Crippen molar-refractivity contribution < 1.29 is 9.47 Å². The Morgan fingerprint density at radius 3 is 2.50 bits per heavy atom. The first kappa shape index (κ1) is 13.6. The van der Waals surface area contributed by atoms with Gasteiger partial charge in [-0.3, -0.25) is 0 Å². The summed E-state index contributed by atoms with van der Waals surface area (Å²) in [6, 6.07) is 3.35. The first-order valence-electron chi connectivity index (χ1n) is 6.24. The van der Waals surface area contributed by atoms with Crippen molar-refractivity contribution >= 4 is 17.6 Å². The van der Waals surface area contributed by atoms with Crippen LogP contribution in [-0.4, -0.2) is 45.3 Å². The Morgan fingerprint density at radius 2 is 1.86 bits per heavy atom. The molecule has 114 valence electrons. The molecule has 0 aliphatic carbocycles. The molecule has 0 bridgehead atoms. The highest BCUT2D eigenvalue weighted by Gasteiger charge is 2.17. The summed E-state index contributed by atoms with van der Waals surface area (Å²) < 4.78 is 12.5. The second-order valence-electron chi connectivity index (χ2n) is 4.25. The van der Waals surface area contributed by atoms with Crippen LogP contribution in [0.1, 0.15) is 0 Å². The lowest BCUT2D eigenvalue weighted by molar-refractivity contribution is 0.171. The van der Waals surface area contributed by atoms with Gasteiger partial charge in [0.15, 0.2) is 17.5 Å². The fraction of sp³-hybridized carbons (Fsp3) is 0.182. The minimum atomic E-state index is -0.192. The average Bonchev–Trinajstić information content (AvgIpc) is 2.99. The van der Waals surface area contributed by atoms with Crippen molar-refractivity contribution in [2.24, 2.45) is 27.2 Å². The summed E-state index contributed by atoms with van der Waals surface area (Å²) in [4.78, 5) is 7.83. The highest BCUT2D eigenvalue weighted by molar-refractivity contribution is 5.94. The Bertz CT molecular complexity index is 734. The normalized spacial score (nSPS) is 13.7. The van der Waals surface area contributed by atoms with E-state index < -0.39 is 0 Å². The molecule has 6 N–H and O–H groups in total. The summed E-state index contributed by atoms with van der Waals surface area (Å²) in [5.74, 6) is 0.809. The van der Waals surface area contributed by atoms with Crippen LogP contribution in [0.15, 0.2) is 28.4 Å². The van der Waals surface area contributed by atoms with Crippen LogP contribution in [-0.2, 0) is 0 Å². The topological polar surface area (TPSA) is 165 Å². The molecule has 1 aromatic carbocycles. The number of rotatable bonds is 2. The van der Waals surface area contributed by atoms with Gasteiger partial charge >= 0.3 is 0 Å². The number of hydrogen-bond donors (Lipinski definition) is 3. The van der Waals surface area contributed by atoms with Crippen molar-refractivity contribution in [3.63, 3.8) is 0 Å². The van der Waals surface area contributed by atoms with Crippen molar-refractivity contribution in [3.05, 3.63) is 18.5 Å². The largest absolute Gasteiger partial charge is 0.486 e. The Morgan fingerprint density at radius 1 is 1.14 bits per heavy atom. The van der Waals surface area contributed by atoms with Crippen molar-refractivity contribution in [2.75, 3.05) is 13.2 Å². The summed E-state index contributed by atoms with van der Waals surface area (Å²) in [7, 11) is 0. The minimum absolute atomic E-state index is 0.106. The molecular weight excluding hydrogens is 290 g/mol. The second kappa shape index (κ2) is 5.55. The van der Waals surface area contributed by atoms with Gasteiger partial charge in [0.25, 0.3) is 0 Å². The average molecular weight is 303 g/mol. The maximum atomic E-state index is 5.67. The molecule has 22 heavy (non-hydrogen) atoms. The van der Waals surface area contributed by atoms with Crippen LogP contribution in [0.2, 0.25) is 0 Å². The number of fused-ring (bicyclic) bond motifs is 1. The van der Waals surface area contributed by atoms with Crippen molar-refractivity contribution in [2.45, 2.75) is 0 Å². The SMILES string of the molecule is NC(N)=NC(N)=Nc1cc2c(cc1-n1cnnn1)OCCO2. The van der Waals surface area contributed by atoms with Crippen LogP contribution in [0.3, 0.4) is 0 Å². The minimum Gasteiger partial charge on any atom is -0.486 e. The van der Waals surface area contributed by atoms with Gasteiger partial charge in [0.05, 0.1) is 11.4 Å². The standard InChI is InChI=1S/C11H13N9O2/c12-10(13)17-11(14)16-6-3-8-9(22-2-1-21-8)4-7(6)20-5-15-18-19-20/h3-5H,1-2H2,(H6,12,13,14,16,17). The number of ether oxygens (including phenoxy) is 2. The number of hydrogen-bond acceptors (Lipinski definition) is 6. The predicted octanol–water partition coefficient (Wildman–Crippen LogP) is -1.35. The molecule has 0 fully saturated rings. The molecule has 0 saturated heterocycles. The summed E-state index contributed by atoms with van der Waals surface area (Å²) in [6.07, 6.45) is 1.42. The Hall–Kier alpha value is -3.37. The molecule has 1 aliphatic heterocycles. The Balaban J connectivity index is 2.12. The van der Waals surface area contributed by atoms with Crippen LogP contribution in [0.5, 0.6) is 11.5 Å². The second-order valence-corrected chi connectivity index (χ2v) is 4.25. The molecule has 2 aromatic rings. The lowest BCUT2D eigenvalue weighted by atomic mass is 10.2. The number of tetrazole rings is 1. The number of aliphatic imine (C=N–C) groups is 2. The van der Waals surface area contributed by atoms with E-state index in [1.807, 2.05) is 0 Å². The number of aromatic nitrogens is 4. The van der Waals surface area contributed by atoms with Gasteiger partial charge in [-0.2, -0.15) is 9.67 Å². The molecule has 3 rings (SSSR count). The van der Waals surface area contributed by atoms with E-state index in [4.69, 9.17) is 26.7 Å². The van der Waals surface area contributed by atoms with Gasteiger partial charge in [0.1, 0.15) is 19.5 Å². The monoisotopic (exact) mass is 303 g/mol. The summed E-state index contributed by atoms with van der Waals surface area (Å²) in [5, 5.41) is 11.0. The third-order valence-electron chi connectivity index (χ3n) is 2.71. The first-order valence-corrected chi connectivity index (χ1v) is 6.24. The number of nitrogens with zero attached hydrogens (tertiary/aromatic N) is 6. The zero-order valence-corrected chi connectivity index (χ0v) is 11.4. The van der Waals surface area contributed by atoms with E-state index in [1.165, 1.54) is 11.0 Å². The van der Waals surface area contributed by atoms with Gasteiger partial charge < -0.3 is 26.7 Å². The molecule has 0 atom stereocenters. The molecule has 11 nitrogen and oxygen atoms in total. The van der Waals surface area contributed by atoms with Crippen molar-refractivity contribution in [1.29, 1.82) is 0 Å². The first-order chi connectivity index (χ1) is 10.6. The summed E-state index contributed by atoms with van der Waals surface area (Å²) >= 11 is 0. The molecule has 0 saturated carbocycles. The van der Waals surface area contributed by atoms with Crippen LogP contribution >= 0.6 is 0 Å². The smallest absolute Gasteiger partial charge is 0.223 e. The van der Waals surface area contributed by atoms with E-state index in [2.05, 4.69) is 25.5 Å². The van der Waals surface area contributed by atoms with Gasteiger partial charge in [0, 0.05) is 12.1 Å². The van der Waals surface area contributed by atoms with Crippen LogP contribution in [0.4, 0.5) is 5.69 Å². The zero-order valence-electron chi connectivity index (χ0n) is 11.4. The van der Waals surface area contributed by atoms with Gasteiger partial charge in [-0.15, -0.1) is 5.10 Å². The van der Waals surface area contributed by atoms with Gasteiger partial charge in [-0.1, -0.05) is 0 Å². The maximum Gasteiger partial charge on any atom is 0.223 e. The molecular formula is C11H13N9O2. The molecule has 0 spiro atoms. The number of guanidine groups is 2. The van der Waals surface area contributed by atoms with Crippen molar-refractivity contribution in [3.8, 4) is 17.2 Å². The van der Waals surface area contributed by atoms with Gasteiger partial charge in [-0.05, 0) is 10.4 Å².